The van der Waals surface area contributed by atoms with Gasteiger partial charge in [0.15, 0.2) is 5.78 Å². The molecule has 0 heterocycles. The van der Waals surface area contributed by atoms with Gasteiger partial charge in [0.1, 0.15) is 5.41 Å². The zero-order valence-corrected chi connectivity index (χ0v) is 8.98. The minimum Gasteiger partial charge on any atom is -0.480 e. The monoisotopic (exact) mass is 224 g/mol. The van der Waals surface area contributed by atoms with Gasteiger partial charge in [0.25, 0.3) is 0 Å². The van der Waals surface area contributed by atoms with Crippen LogP contribution in [0.5, 0.6) is 0 Å². The lowest BCUT2D eigenvalue weighted by Gasteiger charge is -2.27. The Morgan fingerprint density at radius 2 is 1.88 bits per heavy atom. The normalized spacial score (nSPS) is 24.4. The molecule has 0 aromatic rings. The van der Waals surface area contributed by atoms with Crippen molar-refractivity contribution in [3.05, 3.63) is 23.3 Å². The van der Waals surface area contributed by atoms with E-state index >= 15 is 0 Å². The van der Waals surface area contributed by atoms with E-state index in [1.807, 2.05) is 0 Å². The number of carboxylic acids is 2. The molecule has 0 aromatic carbocycles. The average Bonchev–Trinajstić information content (AvgIpc) is 2.15. The molecule has 5 nitrogen and oxygen atoms in total. The van der Waals surface area contributed by atoms with Gasteiger partial charge in [0, 0.05) is 12.0 Å². The summed E-state index contributed by atoms with van der Waals surface area (Å²) in [5.74, 6) is -3.07. The van der Waals surface area contributed by atoms with E-state index in [1.54, 1.807) is 6.92 Å². The van der Waals surface area contributed by atoms with Crippen LogP contribution in [-0.2, 0) is 14.4 Å². The lowest BCUT2D eigenvalue weighted by molar-refractivity contribution is -0.151. The van der Waals surface area contributed by atoms with E-state index < -0.39 is 23.1 Å². The molecular weight excluding hydrogens is 212 g/mol. The molecule has 1 aliphatic rings. The van der Waals surface area contributed by atoms with Gasteiger partial charge >= 0.3 is 11.9 Å². The number of allylic oxidation sites excluding steroid dienone is 2. The molecule has 86 valence electrons. The summed E-state index contributed by atoms with van der Waals surface area (Å²) in [6.45, 7) is 2.73. The number of ketones is 1. The first kappa shape index (κ1) is 12.2. The summed E-state index contributed by atoms with van der Waals surface area (Å²) in [5.41, 5.74) is -1.31. The van der Waals surface area contributed by atoms with Gasteiger partial charge in [-0.2, -0.15) is 0 Å². The molecule has 0 radical (unpaired) electrons. The Labute approximate surface area is 92.1 Å². The van der Waals surface area contributed by atoms with E-state index in [9.17, 15) is 14.4 Å². The van der Waals surface area contributed by atoms with Crippen molar-refractivity contribution in [2.24, 2.45) is 5.41 Å². The minimum atomic E-state index is -1.73. The van der Waals surface area contributed by atoms with Crippen LogP contribution in [0.2, 0.25) is 0 Å². The van der Waals surface area contributed by atoms with E-state index in [0.29, 0.717) is 5.57 Å². The number of Topliss-reactive ketones (excluding diaryl/α,β-unsaturated/α-hetero) is 1. The molecule has 0 saturated heterocycles. The second-order valence-electron chi connectivity index (χ2n) is 3.87. The van der Waals surface area contributed by atoms with E-state index in [4.69, 9.17) is 10.2 Å². The van der Waals surface area contributed by atoms with Crippen LogP contribution in [-0.4, -0.2) is 27.9 Å². The lowest BCUT2D eigenvalue weighted by Crippen LogP contribution is -2.39. The van der Waals surface area contributed by atoms with Crippen molar-refractivity contribution >= 4 is 17.7 Å². The predicted molar refractivity (Wildman–Crippen MR) is 54.8 cm³/mol. The Kier molecular flexibility index (Phi) is 2.98. The van der Waals surface area contributed by atoms with Crippen LogP contribution >= 0.6 is 0 Å². The van der Waals surface area contributed by atoms with Crippen molar-refractivity contribution in [2.45, 2.75) is 20.3 Å². The molecule has 2 N–H and O–H groups in total. The second-order valence-corrected chi connectivity index (χ2v) is 3.87. The van der Waals surface area contributed by atoms with Crippen molar-refractivity contribution in [1.82, 2.24) is 0 Å². The van der Waals surface area contributed by atoms with Crippen LogP contribution in [0.4, 0.5) is 0 Å². The lowest BCUT2D eigenvalue weighted by atomic mass is 9.73. The van der Waals surface area contributed by atoms with Crippen LogP contribution in [0.15, 0.2) is 23.3 Å². The molecule has 1 rings (SSSR count). The van der Waals surface area contributed by atoms with Crippen LogP contribution in [0.3, 0.4) is 0 Å². The number of hydrogen-bond donors (Lipinski definition) is 2. The quantitative estimate of drug-likeness (QED) is 0.698. The van der Waals surface area contributed by atoms with Crippen LogP contribution in [0.1, 0.15) is 20.3 Å². The van der Waals surface area contributed by atoms with E-state index in [1.165, 1.54) is 12.2 Å². The summed E-state index contributed by atoms with van der Waals surface area (Å²) in [6.07, 6.45) is 2.39. The second kappa shape index (κ2) is 3.92. The Morgan fingerprint density at radius 3 is 2.25 bits per heavy atom. The molecule has 0 bridgehead atoms. The van der Waals surface area contributed by atoms with Crippen molar-refractivity contribution in [3.63, 3.8) is 0 Å². The molecule has 1 atom stereocenters. The summed E-state index contributed by atoms with van der Waals surface area (Å²) in [7, 11) is 0. The van der Waals surface area contributed by atoms with Crippen molar-refractivity contribution in [2.75, 3.05) is 0 Å². The van der Waals surface area contributed by atoms with Gasteiger partial charge in [-0.15, -0.1) is 0 Å². The summed E-state index contributed by atoms with van der Waals surface area (Å²) >= 11 is 0. The maximum Gasteiger partial charge on any atom is 0.331 e. The molecule has 0 saturated carbocycles. The molecule has 0 aromatic heterocycles. The maximum absolute atomic E-state index is 11.4. The maximum atomic E-state index is 11.4. The molecule has 0 spiro atoms. The number of carboxylic acid groups (broad SMARTS) is 2. The SMILES string of the molecule is CC(=O)C1(C(=O)O)C=C(C)C=C(C(=O)O)C1. The van der Waals surface area contributed by atoms with Gasteiger partial charge in [-0.25, -0.2) is 4.79 Å². The van der Waals surface area contributed by atoms with Gasteiger partial charge in [-0.1, -0.05) is 11.6 Å². The van der Waals surface area contributed by atoms with Crippen LogP contribution in [0, 0.1) is 5.41 Å². The van der Waals surface area contributed by atoms with Crippen molar-refractivity contribution in [3.8, 4) is 0 Å². The molecule has 0 amide bonds. The van der Waals surface area contributed by atoms with Crippen molar-refractivity contribution < 1.29 is 24.6 Å². The number of rotatable bonds is 3. The fourth-order valence-electron chi connectivity index (χ4n) is 1.76. The summed E-state index contributed by atoms with van der Waals surface area (Å²) in [6, 6.07) is 0. The van der Waals surface area contributed by atoms with Gasteiger partial charge in [0.2, 0.25) is 0 Å². The summed E-state index contributed by atoms with van der Waals surface area (Å²) < 4.78 is 0. The largest absolute Gasteiger partial charge is 0.480 e. The summed E-state index contributed by atoms with van der Waals surface area (Å²) in [5, 5.41) is 17.9. The van der Waals surface area contributed by atoms with Gasteiger partial charge < -0.3 is 10.2 Å². The van der Waals surface area contributed by atoms with Crippen LogP contribution < -0.4 is 0 Å². The number of aliphatic carboxylic acids is 2. The van der Waals surface area contributed by atoms with Gasteiger partial charge in [-0.05, 0) is 19.9 Å². The highest BCUT2D eigenvalue weighted by molar-refractivity contribution is 6.06. The number of hydrogen-bond acceptors (Lipinski definition) is 3. The Hall–Kier alpha value is -1.91. The zero-order chi connectivity index (χ0) is 12.5. The third-order valence-corrected chi connectivity index (χ3v) is 2.63. The molecule has 0 fully saturated rings. The standard InChI is InChI=1S/C11H12O5/c1-6-3-8(9(13)14)5-11(4-6,7(2)12)10(15)16/h3-4H,5H2,1-2H3,(H,13,14)(H,15,16). The molecule has 16 heavy (non-hydrogen) atoms. The fraction of sp³-hybridized carbons (Fsp3) is 0.364. The first-order valence-corrected chi connectivity index (χ1v) is 4.67. The zero-order valence-electron chi connectivity index (χ0n) is 8.98. The third kappa shape index (κ3) is 1.88. The predicted octanol–water partition coefficient (Wildman–Crippen LogP) is 1.01. The number of carbonyl (C=O) groups is 3. The third-order valence-electron chi connectivity index (χ3n) is 2.63. The van der Waals surface area contributed by atoms with Crippen molar-refractivity contribution in [1.29, 1.82) is 0 Å². The van der Waals surface area contributed by atoms with E-state index in [2.05, 4.69) is 0 Å². The molecule has 1 unspecified atom stereocenters. The topological polar surface area (TPSA) is 91.7 Å². The Bertz CT molecular complexity index is 414. The molecule has 1 aliphatic carbocycles. The number of carbonyl (C=O) groups excluding carboxylic acids is 1. The smallest absolute Gasteiger partial charge is 0.331 e. The average molecular weight is 224 g/mol. The van der Waals surface area contributed by atoms with E-state index in [0.717, 1.165) is 6.92 Å². The highest BCUT2D eigenvalue weighted by atomic mass is 16.4. The van der Waals surface area contributed by atoms with Gasteiger partial charge in [-0.3, -0.25) is 9.59 Å². The first-order chi connectivity index (χ1) is 7.29. The molecule has 0 aliphatic heterocycles. The minimum absolute atomic E-state index is 0.0578. The Morgan fingerprint density at radius 1 is 1.31 bits per heavy atom. The van der Waals surface area contributed by atoms with Gasteiger partial charge in [0.05, 0.1) is 0 Å². The highest BCUT2D eigenvalue weighted by Gasteiger charge is 2.44. The summed E-state index contributed by atoms with van der Waals surface area (Å²) in [4.78, 5) is 33.4. The van der Waals surface area contributed by atoms with E-state index in [-0.39, 0.29) is 12.0 Å². The fourth-order valence-corrected chi connectivity index (χ4v) is 1.76. The van der Waals surface area contributed by atoms with Crippen LogP contribution in [0.25, 0.3) is 0 Å². The first-order valence-electron chi connectivity index (χ1n) is 4.67. The Balaban J connectivity index is 3.29. The molecule has 5 heteroatoms. The molecular formula is C11H12O5. The highest BCUT2D eigenvalue weighted by Crippen LogP contribution is 2.35.